The van der Waals surface area contributed by atoms with Crippen LogP contribution in [-0.2, 0) is 14.3 Å². The van der Waals surface area contributed by atoms with E-state index in [-0.39, 0.29) is 12.8 Å². The van der Waals surface area contributed by atoms with Crippen molar-refractivity contribution >= 4 is 5.91 Å². The zero-order valence-corrected chi connectivity index (χ0v) is 52.1. The van der Waals surface area contributed by atoms with Crippen molar-refractivity contribution in [2.45, 2.75) is 384 Å². The fourth-order valence-electron chi connectivity index (χ4n) is 11.1. The molecule has 1 aliphatic heterocycles. The maximum absolute atomic E-state index is 13.2. The van der Waals surface area contributed by atoms with E-state index in [1.54, 1.807) is 0 Å². The molecule has 1 rings (SSSR count). The van der Waals surface area contributed by atoms with Gasteiger partial charge in [0.15, 0.2) is 6.29 Å². The van der Waals surface area contributed by atoms with Crippen LogP contribution < -0.4 is 5.32 Å². The molecule has 0 bridgehead atoms. The van der Waals surface area contributed by atoms with Crippen molar-refractivity contribution in [3.8, 4) is 0 Å². The molecule has 1 aliphatic rings. The Balaban J connectivity index is 2.16. The first kappa shape index (κ1) is 76.3. The van der Waals surface area contributed by atoms with Crippen LogP contribution >= 0.6 is 0 Å². The highest BCUT2D eigenvalue weighted by atomic mass is 16.7. The van der Waals surface area contributed by atoms with Crippen LogP contribution in [0.15, 0.2) is 36.5 Å². The van der Waals surface area contributed by atoms with E-state index in [1.165, 1.54) is 244 Å². The summed E-state index contributed by atoms with van der Waals surface area (Å²) in [6.07, 6.45) is 62.4. The standard InChI is InChI=1S/C69H131NO10/c1-3-5-7-9-11-13-15-17-19-21-22-23-24-25-26-27-28-29-30-31-32-33-34-35-36-37-38-39-41-43-45-47-49-51-53-55-57-62(73)68(78)70-60(59-79-69-67(77)66(76)65(75)63(58-71)80-69)64(74)61(72)56-54-52-50-48-46-44-42-40-20-18-16-14-12-10-8-6-4-2/h26-27,29-30,48,50,60-67,69,71-77H,3-25,28,31-47,49,51-59H2,1-2H3,(H,70,78)/b27-26-,30-29-,50-48+. The lowest BCUT2D eigenvalue weighted by Crippen LogP contribution is -2.60. The maximum atomic E-state index is 13.2. The summed E-state index contributed by atoms with van der Waals surface area (Å²) in [6, 6.07) is -1.19. The van der Waals surface area contributed by atoms with Crippen LogP contribution in [0.3, 0.4) is 0 Å². The molecule has 1 saturated heterocycles. The highest BCUT2D eigenvalue weighted by Crippen LogP contribution is 2.24. The van der Waals surface area contributed by atoms with E-state index in [0.29, 0.717) is 12.8 Å². The molecule has 0 radical (unpaired) electrons. The fourth-order valence-corrected chi connectivity index (χ4v) is 11.1. The summed E-state index contributed by atoms with van der Waals surface area (Å²) in [5.41, 5.74) is 0. The minimum Gasteiger partial charge on any atom is -0.394 e. The highest BCUT2D eigenvalue weighted by Gasteiger charge is 2.44. The van der Waals surface area contributed by atoms with Crippen molar-refractivity contribution in [2.75, 3.05) is 13.2 Å². The third-order valence-corrected chi connectivity index (χ3v) is 16.7. The summed E-state index contributed by atoms with van der Waals surface area (Å²) < 4.78 is 11.2. The molecular weight excluding hydrogens is 1000 g/mol. The van der Waals surface area contributed by atoms with E-state index in [0.717, 1.165) is 44.9 Å². The van der Waals surface area contributed by atoms with Gasteiger partial charge in [0, 0.05) is 0 Å². The molecule has 9 atom stereocenters. The van der Waals surface area contributed by atoms with Gasteiger partial charge >= 0.3 is 0 Å². The lowest BCUT2D eigenvalue weighted by molar-refractivity contribution is -0.303. The maximum Gasteiger partial charge on any atom is 0.249 e. The predicted octanol–water partition coefficient (Wildman–Crippen LogP) is 16.2. The first-order chi connectivity index (χ1) is 39.2. The lowest BCUT2D eigenvalue weighted by Gasteiger charge is -2.40. The molecule has 9 unspecified atom stereocenters. The molecule has 0 aliphatic carbocycles. The average molecular weight is 1130 g/mol. The Morgan fingerprint density at radius 1 is 0.438 bits per heavy atom. The summed E-state index contributed by atoms with van der Waals surface area (Å²) in [6.45, 7) is 3.48. The summed E-state index contributed by atoms with van der Waals surface area (Å²) in [4.78, 5) is 13.2. The van der Waals surface area contributed by atoms with Gasteiger partial charge in [0.05, 0.1) is 25.4 Å². The Kier molecular flexibility index (Phi) is 55.1. The number of allylic oxidation sites excluding steroid dienone is 6. The first-order valence-corrected chi connectivity index (χ1v) is 34.4. The van der Waals surface area contributed by atoms with Gasteiger partial charge in [0.1, 0.15) is 36.6 Å². The number of ether oxygens (including phenoxy) is 2. The second kappa shape index (κ2) is 57.7. The normalized spacial score (nSPS) is 19.4. The van der Waals surface area contributed by atoms with E-state index < -0.39 is 74.2 Å². The molecule has 1 fully saturated rings. The molecule has 8 N–H and O–H groups in total. The van der Waals surface area contributed by atoms with Crippen LogP contribution in [-0.4, -0.2) is 110 Å². The SMILES string of the molecule is CCCCCCCCCCCCCC/C=C/CCCC(O)C(O)C(COC1OC(CO)C(O)C(O)C1O)NC(=O)C(O)CCCCCCCCCCCCCCCCCC/C=C\C/C=C\CCCCCCCCCCCCCCC. The number of nitrogens with one attached hydrogen (secondary N) is 1. The van der Waals surface area contributed by atoms with Crippen LogP contribution in [0.25, 0.3) is 0 Å². The molecule has 80 heavy (non-hydrogen) atoms. The largest absolute Gasteiger partial charge is 0.394 e. The van der Waals surface area contributed by atoms with Gasteiger partial charge in [0.2, 0.25) is 5.91 Å². The number of hydrogen-bond donors (Lipinski definition) is 8. The van der Waals surface area contributed by atoms with Gasteiger partial charge in [-0.2, -0.15) is 0 Å². The third kappa shape index (κ3) is 44.8. The summed E-state index contributed by atoms with van der Waals surface area (Å²) >= 11 is 0. The van der Waals surface area contributed by atoms with E-state index in [2.05, 4.69) is 55.6 Å². The zero-order chi connectivity index (χ0) is 58.2. The molecule has 0 aromatic carbocycles. The van der Waals surface area contributed by atoms with Gasteiger partial charge in [-0.1, -0.05) is 294 Å². The lowest BCUT2D eigenvalue weighted by atomic mass is 9.98. The third-order valence-electron chi connectivity index (χ3n) is 16.7. The van der Waals surface area contributed by atoms with Crippen molar-refractivity contribution in [2.24, 2.45) is 0 Å². The topological polar surface area (TPSA) is 189 Å². The molecular formula is C69H131NO10. The van der Waals surface area contributed by atoms with E-state index >= 15 is 0 Å². The summed E-state index contributed by atoms with van der Waals surface area (Å²) in [5, 5.41) is 76.3. The van der Waals surface area contributed by atoms with Gasteiger partial charge in [-0.3, -0.25) is 4.79 Å². The first-order valence-electron chi connectivity index (χ1n) is 34.4. The van der Waals surface area contributed by atoms with Crippen molar-refractivity contribution in [1.29, 1.82) is 0 Å². The highest BCUT2D eigenvalue weighted by molar-refractivity contribution is 5.80. The van der Waals surface area contributed by atoms with Crippen LogP contribution in [0.4, 0.5) is 0 Å². The predicted molar refractivity (Wildman–Crippen MR) is 335 cm³/mol. The van der Waals surface area contributed by atoms with Crippen molar-refractivity contribution in [1.82, 2.24) is 5.32 Å². The average Bonchev–Trinajstić information content (AvgIpc) is 3.47. The summed E-state index contributed by atoms with van der Waals surface area (Å²) in [5.74, 6) is -0.702. The van der Waals surface area contributed by atoms with Crippen molar-refractivity contribution in [3.05, 3.63) is 36.5 Å². The molecule has 11 nitrogen and oxygen atoms in total. The Morgan fingerprint density at radius 3 is 1.15 bits per heavy atom. The molecule has 1 heterocycles. The van der Waals surface area contributed by atoms with Crippen LogP contribution in [0.5, 0.6) is 0 Å². The van der Waals surface area contributed by atoms with Gasteiger partial charge in [-0.25, -0.2) is 0 Å². The van der Waals surface area contributed by atoms with Crippen LogP contribution in [0, 0.1) is 0 Å². The van der Waals surface area contributed by atoms with Gasteiger partial charge < -0.3 is 50.5 Å². The van der Waals surface area contributed by atoms with Gasteiger partial charge in [-0.05, 0) is 70.6 Å². The number of aliphatic hydroxyl groups is 7. The second-order valence-electron chi connectivity index (χ2n) is 24.2. The van der Waals surface area contributed by atoms with E-state index in [1.807, 2.05) is 0 Å². The van der Waals surface area contributed by atoms with Crippen LogP contribution in [0.2, 0.25) is 0 Å². The number of aliphatic hydroxyl groups excluding tert-OH is 7. The summed E-state index contributed by atoms with van der Waals surface area (Å²) in [7, 11) is 0. The van der Waals surface area contributed by atoms with Crippen molar-refractivity contribution in [3.63, 3.8) is 0 Å². The molecule has 472 valence electrons. The molecule has 11 heteroatoms. The number of carbonyl (C=O) groups is 1. The number of rotatable bonds is 60. The quantitative estimate of drug-likeness (QED) is 0.0215. The minimum atomic E-state index is -1.67. The smallest absolute Gasteiger partial charge is 0.249 e. The van der Waals surface area contributed by atoms with Gasteiger partial charge in [0.25, 0.3) is 0 Å². The molecule has 1 amide bonds. The Labute approximate surface area is 492 Å². The monoisotopic (exact) mass is 1130 g/mol. The number of hydrogen-bond acceptors (Lipinski definition) is 10. The number of unbranched alkanes of at least 4 members (excludes halogenated alkanes) is 42. The zero-order valence-electron chi connectivity index (χ0n) is 52.1. The van der Waals surface area contributed by atoms with E-state index in [9.17, 15) is 40.5 Å². The Morgan fingerprint density at radius 2 is 0.775 bits per heavy atom. The van der Waals surface area contributed by atoms with Gasteiger partial charge in [-0.15, -0.1) is 0 Å². The number of amides is 1. The molecule has 0 spiro atoms. The Hall–Kier alpha value is -1.67. The van der Waals surface area contributed by atoms with E-state index in [4.69, 9.17) is 9.47 Å². The minimum absolute atomic E-state index is 0.255. The molecule has 0 saturated carbocycles. The molecule has 0 aromatic heterocycles. The van der Waals surface area contributed by atoms with Crippen LogP contribution in [0.1, 0.15) is 328 Å². The fraction of sp³-hybridized carbons (Fsp3) is 0.899. The Bertz CT molecular complexity index is 1390. The second-order valence-corrected chi connectivity index (χ2v) is 24.2. The number of carbonyl (C=O) groups excluding carboxylic acids is 1. The molecule has 0 aromatic rings. The van der Waals surface area contributed by atoms with Crippen molar-refractivity contribution < 1.29 is 50.0 Å².